The van der Waals surface area contributed by atoms with E-state index >= 15 is 0 Å². The van der Waals surface area contributed by atoms with Gasteiger partial charge in [0.05, 0.1) is 10.0 Å². The maximum absolute atomic E-state index is 10.1. The quantitative estimate of drug-likeness (QED) is 0.435. The molecule has 0 amide bonds. The molecule has 0 bridgehead atoms. The molecule has 3 aromatic rings. The van der Waals surface area contributed by atoms with Crippen LogP contribution in [0.2, 0.25) is 0 Å². The van der Waals surface area contributed by atoms with Crippen LogP contribution in [0.3, 0.4) is 0 Å². The van der Waals surface area contributed by atoms with E-state index in [4.69, 9.17) is 0 Å². The van der Waals surface area contributed by atoms with Crippen molar-refractivity contribution < 1.29 is 5.11 Å². The fourth-order valence-electron chi connectivity index (χ4n) is 2.40. The number of nitrogens with zero attached hydrogens (tertiary/aromatic N) is 2. The zero-order chi connectivity index (χ0) is 18.0. The number of rotatable bonds is 3. The summed E-state index contributed by atoms with van der Waals surface area (Å²) in [4.78, 5) is 5.50. The van der Waals surface area contributed by atoms with E-state index in [-0.39, 0.29) is 5.75 Å². The topological polar surface area (TPSA) is 56.4 Å². The summed E-state index contributed by atoms with van der Waals surface area (Å²) in [5, 5.41) is 20.3. The van der Waals surface area contributed by atoms with Crippen molar-refractivity contribution in [3.05, 3.63) is 68.1 Å². The first-order valence-electron chi connectivity index (χ1n) is 7.32. The first-order valence-corrected chi connectivity index (χ1v) is 9.72. The van der Waals surface area contributed by atoms with Crippen molar-refractivity contribution in [3.63, 3.8) is 0 Å². The zero-order valence-corrected chi connectivity index (χ0v) is 17.1. The summed E-state index contributed by atoms with van der Waals surface area (Å²) in [6, 6.07) is 15.7. The van der Waals surface area contributed by atoms with Crippen LogP contribution in [0.1, 0.15) is 16.7 Å². The van der Waals surface area contributed by atoms with E-state index in [1.54, 1.807) is 18.3 Å². The predicted molar refractivity (Wildman–Crippen MR) is 110 cm³/mol. The fraction of sp³-hybridized carbons (Fsp3) is 0.0526. The Kier molecular flexibility index (Phi) is 5.38. The first kappa shape index (κ1) is 17.9. The molecule has 0 aliphatic carbocycles. The molecule has 0 atom stereocenters. The number of nitriles is 1. The average Bonchev–Trinajstić information content (AvgIpc) is 2.93. The van der Waals surface area contributed by atoms with Crippen molar-refractivity contribution in [2.24, 2.45) is 4.99 Å². The lowest BCUT2D eigenvalue weighted by Gasteiger charge is -2.02. The Balaban J connectivity index is 2.06. The second kappa shape index (κ2) is 7.52. The van der Waals surface area contributed by atoms with Crippen LogP contribution < -0.4 is 0 Å². The Hall–Kier alpha value is -1.94. The van der Waals surface area contributed by atoms with Gasteiger partial charge >= 0.3 is 0 Å². The third-order valence-corrected chi connectivity index (χ3v) is 5.97. The average molecular weight is 476 g/mol. The van der Waals surface area contributed by atoms with Crippen LogP contribution in [0, 0.1) is 18.3 Å². The molecule has 0 saturated heterocycles. The lowest BCUT2D eigenvalue weighted by molar-refractivity contribution is 0.471. The molecule has 6 heteroatoms. The molecule has 0 saturated carbocycles. The number of thiophene rings is 1. The van der Waals surface area contributed by atoms with E-state index in [0.717, 1.165) is 20.5 Å². The van der Waals surface area contributed by atoms with Crippen LogP contribution in [0.5, 0.6) is 5.75 Å². The summed E-state index contributed by atoms with van der Waals surface area (Å²) in [6.07, 6.45) is 1.58. The van der Waals surface area contributed by atoms with Crippen LogP contribution in [0.4, 0.5) is 5.00 Å². The highest BCUT2D eigenvalue weighted by atomic mass is 79.9. The fourth-order valence-corrected chi connectivity index (χ4v) is 4.77. The Morgan fingerprint density at radius 1 is 1.20 bits per heavy atom. The van der Waals surface area contributed by atoms with Crippen molar-refractivity contribution in [2.75, 3.05) is 0 Å². The smallest absolute Gasteiger partial charge is 0.138 e. The van der Waals surface area contributed by atoms with Crippen molar-refractivity contribution in [2.45, 2.75) is 6.92 Å². The minimum absolute atomic E-state index is 0.113. The standard InChI is InChI=1S/C19H12Br2N2OS/c1-11-15(9-22)19(25-18(11)12-5-3-2-4-6-12)23-10-13-7-14(20)8-16(21)17(13)24/h2-8,10,24H,1H3. The van der Waals surface area contributed by atoms with Crippen molar-refractivity contribution in [1.29, 1.82) is 5.26 Å². The molecule has 0 unspecified atom stereocenters. The largest absolute Gasteiger partial charge is 0.506 e. The lowest BCUT2D eigenvalue weighted by atomic mass is 10.1. The summed E-state index contributed by atoms with van der Waals surface area (Å²) >= 11 is 8.17. The molecule has 25 heavy (non-hydrogen) atoms. The number of halogens is 2. The van der Waals surface area contributed by atoms with Crippen molar-refractivity contribution in [3.8, 4) is 22.3 Å². The van der Waals surface area contributed by atoms with Crippen LogP contribution in [0.25, 0.3) is 10.4 Å². The third-order valence-electron chi connectivity index (χ3n) is 3.65. The van der Waals surface area contributed by atoms with Gasteiger partial charge in [-0.25, -0.2) is 4.99 Å². The van der Waals surface area contributed by atoms with Gasteiger partial charge in [0.2, 0.25) is 0 Å². The van der Waals surface area contributed by atoms with E-state index in [1.807, 2.05) is 37.3 Å². The number of hydrogen-bond acceptors (Lipinski definition) is 4. The Morgan fingerprint density at radius 3 is 2.60 bits per heavy atom. The van der Waals surface area contributed by atoms with E-state index in [9.17, 15) is 10.4 Å². The molecule has 2 aromatic carbocycles. The SMILES string of the molecule is Cc1c(-c2ccccc2)sc(N=Cc2cc(Br)cc(Br)c2O)c1C#N. The molecular formula is C19H12Br2N2OS. The van der Waals surface area contributed by atoms with E-state index in [2.05, 4.69) is 42.9 Å². The molecule has 0 fully saturated rings. The highest BCUT2D eigenvalue weighted by molar-refractivity contribution is 9.11. The number of hydrogen-bond donors (Lipinski definition) is 1. The van der Waals surface area contributed by atoms with Crippen LogP contribution in [-0.2, 0) is 0 Å². The molecule has 1 N–H and O–H groups in total. The van der Waals surface area contributed by atoms with Gasteiger partial charge in [0.25, 0.3) is 0 Å². The van der Waals surface area contributed by atoms with Crippen molar-refractivity contribution in [1.82, 2.24) is 0 Å². The van der Waals surface area contributed by atoms with Gasteiger partial charge < -0.3 is 5.11 Å². The maximum Gasteiger partial charge on any atom is 0.138 e. The van der Waals surface area contributed by atoms with Crippen LogP contribution >= 0.6 is 43.2 Å². The third kappa shape index (κ3) is 3.69. The maximum atomic E-state index is 10.1. The van der Waals surface area contributed by atoms with E-state index in [1.165, 1.54) is 11.3 Å². The number of aromatic hydroxyl groups is 1. The van der Waals surface area contributed by atoms with Gasteiger partial charge in [0.15, 0.2) is 0 Å². The number of benzene rings is 2. The summed E-state index contributed by atoms with van der Waals surface area (Å²) in [7, 11) is 0. The van der Waals surface area contributed by atoms with Gasteiger partial charge in [-0.15, -0.1) is 11.3 Å². The highest BCUT2D eigenvalue weighted by Crippen LogP contribution is 2.41. The van der Waals surface area contributed by atoms with Gasteiger partial charge in [-0.05, 0) is 46.1 Å². The molecule has 0 radical (unpaired) electrons. The van der Waals surface area contributed by atoms with Crippen LogP contribution in [-0.4, -0.2) is 11.3 Å². The van der Waals surface area contributed by atoms with Crippen molar-refractivity contribution >= 4 is 54.4 Å². The molecular weight excluding hydrogens is 464 g/mol. The summed E-state index contributed by atoms with van der Waals surface area (Å²) in [5.41, 5.74) is 3.12. The van der Waals surface area contributed by atoms with Gasteiger partial charge in [-0.1, -0.05) is 46.3 Å². The molecule has 3 nitrogen and oxygen atoms in total. The Morgan fingerprint density at radius 2 is 1.92 bits per heavy atom. The van der Waals surface area contributed by atoms with E-state index < -0.39 is 0 Å². The second-order valence-electron chi connectivity index (χ2n) is 5.30. The molecule has 124 valence electrons. The number of aliphatic imine (C=N–C) groups is 1. The zero-order valence-electron chi connectivity index (χ0n) is 13.1. The predicted octanol–water partition coefficient (Wildman–Crippen LogP) is 6.58. The van der Waals surface area contributed by atoms with Gasteiger partial charge in [-0.3, -0.25) is 0 Å². The lowest BCUT2D eigenvalue weighted by Crippen LogP contribution is -1.84. The number of phenolic OH excluding ortho intramolecular Hbond substituents is 1. The molecule has 3 rings (SSSR count). The summed E-state index contributed by atoms with van der Waals surface area (Å²) < 4.78 is 1.41. The molecule has 1 heterocycles. The van der Waals surface area contributed by atoms with Crippen LogP contribution in [0.15, 0.2) is 56.4 Å². The minimum atomic E-state index is 0.113. The highest BCUT2D eigenvalue weighted by Gasteiger charge is 2.15. The van der Waals surface area contributed by atoms with Gasteiger partial charge in [-0.2, -0.15) is 5.26 Å². The van der Waals surface area contributed by atoms with E-state index in [0.29, 0.717) is 20.6 Å². The molecule has 0 aliphatic rings. The van der Waals surface area contributed by atoms with Gasteiger partial charge in [0, 0.05) is 21.1 Å². The first-order chi connectivity index (χ1) is 12.0. The number of phenols is 1. The minimum Gasteiger partial charge on any atom is -0.506 e. The second-order valence-corrected chi connectivity index (χ2v) is 8.07. The summed E-state index contributed by atoms with van der Waals surface area (Å²) in [6.45, 7) is 1.93. The Labute approximate surface area is 166 Å². The Bertz CT molecular complexity index is 1000. The molecule has 0 spiro atoms. The molecule has 0 aliphatic heterocycles. The normalized spacial score (nSPS) is 11.0. The monoisotopic (exact) mass is 474 g/mol. The molecule has 1 aromatic heterocycles. The van der Waals surface area contributed by atoms with Gasteiger partial charge in [0.1, 0.15) is 16.8 Å². The summed E-state index contributed by atoms with van der Waals surface area (Å²) in [5.74, 6) is 0.113.